The van der Waals surface area contributed by atoms with Crippen molar-refractivity contribution >= 4 is 91.5 Å². The zero-order valence-corrected chi connectivity index (χ0v) is 43.9. The Hall–Kier alpha value is -5.71. The number of halogens is 3. The van der Waals surface area contributed by atoms with E-state index >= 15 is 8.78 Å². The molecule has 19 heteroatoms. The summed E-state index contributed by atoms with van der Waals surface area (Å²) in [5.74, 6) is -2.62. The number of ether oxygens (including phenoxy) is 1. The molecule has 6 heterocycles. The molecule has 0 spiro atoms. The van der Waals surface area contributed by atoms with Crippen LogP contribution in [-0.4, -0.2) is 121 Å². The van der Waals surface area contributed by atoms with Crippen LogP contribution in [0.2, 0.25) is 0 Å². The number of rotatable bonds is 12. The third-order valence-electron chi connectivity index (χ3n) is 14.6. The van der Waals surface area contributed by atoms with Gasteiger partial charge in [-0.1, -0.05) is 19.9 Å². The van der Waals surface area contributed by atoms with E-state index in [0.29, 0.717) is 77.5 Å². The Morgan fingerprint density at radius 2 is 1.63 bits per heavy atom. The SMILES string of the molecule is CCOc1cc(N2CCC(N3CCN(C(=O)[C@H]4CN(c5cc(F)c([C@H]6CCC(=O)NC6=O)c(F)c5)CC4(C)C)CC3)CC2)c(C)cc1Nc1ncc(Br)c(Nc2ccc3nc(C)ccc3c2P(C)(C)=O)n1. The third kappa shape index (κ3) is 10.5. The second-order valence-electron chi connectivity index (χ2n) is 20.4. The van der Waals surface area contributed by atoms with Gasteiger partial charge in [0.2, 0.25) is 23.7 Å². The highest BCUT2D eigenvalue weighted by atomic mass is 79.9. The second kappa shape index (κ2) is 20.1. The van der Waals surface area contributed by atoms with Crippen LogP contribution in [0.1, 0.15) is 69.2 Å². The largest absolute Gasteiger partial charge is 0.492 e. The van der Waals surface area contributed by atoms with Gasteiger partial charge in [0, 0.05) is 110 Å². The van der Waals surface area contributed by atoms with Crippen LogP contribution in [0.25, 0.3) is 10.9 Å². The minimum Gasteiger partial charge on any atom is -0.492 e. The number of pyridine rings is 1. The molecule has 0 aliphatic carbocycles. The molecule has 5 aromatic rings. The van der Waals surface area contributed by atoms with Gasteiger partial charge in [0.1, 0.15) is 30.3 Å². The lowest BCUT2D eigenvalue weighted by Gasteiger charge is -2.44. The van der Waals surface area contributed by atoms with Crippen LogP contribution in [-0.2, 0) is 18.9 Å². The van der Waals surface area contributed by atoms with Crippen LogP contribution in [0.3, 0.4) is 0 Å². The minimum absolute atomic E-state index is 0.0204. The molecular weight excluding hydrogens is 994 g/mol. The number of piperidine rings is 2. The summed E-state index contributed by atoms with van der Waals surface area (Å²) in [6, 6.07) is 14.8. The maximum Gasteiger partial charge on any atom is 0.234 e. The number of hydrogen-bond donors (Lipinski definition) is 3. The van der Waals surface area contributed by atoms with Gasteiger partial charge in [0.05, 0.1) is 39.8 Å². The Labute approximate surface area is 422 Å². The minimum atomic E-state index is -2.75. The molecular formula is C52H62BrF2N10O5P. The second-order valence-corrected chi connectivity index (χ2v) is 24.4. The number of aromatic nitrogens is 3. The normalized spacial score (nSPS) is 20.1. The van der Waals surface area contributed by atoms with Gasteiger partial charge in [-0.15, -0.1) is 0 Å². The first-order chi connectivity index (χ1) is 33.8. The molecule has 71 heavy (non-hydrogen) atoms. The Balaban J connectivity index is 0.809. The lowest BCUT2D eigenvalue weighted by molar-refractivity contribution is -0.140. The highest BCUT2D eigenvalue weighted by Crippen LogP contribution is 2.44. The van der Waals surface area contributed by atoms with Gasteiger partial charge in [-0.2, -0.15) is 4.98 Å². The number of nitrogens with zero attached hydrogens (tertiary/aromatic N) is 7. The van der Waals surface area contributed by atoms with Crippen molar-refractivity contribution in [2.24, 2.45) is 11.3 Å². The fourth-order valence-corrected chi connectivity index (χ4v) is 12.7. The zero-order chi connectivity index (χ0) is 50.5. The molecule has 0 bridgehead atoms. The summed E-state index contributed by atoms with van der Waals surface area (Å²) in [7, 11) is -2.75. The van der Waals surface area contributed by atoms with Gasteiger partial charge in [-0.3, -0.25) is 29.6 Å². The summed E-state index contributed by atoms with van der Waals surface area (Å²) in [5, 5.41) is 10.5. The monoisotopic (exact) mass is 1050 g/mol. The molecule has 2 aromatic heterocycles. The van der Waals surface area contributed by atoms with E-state index in [-0.39, 0.29) is 30.2 Å². The van der Waals surface area contributed by atoms with Crippen molar-refractivity contribution in [3.8, 4) is 5.75 Å². The summed E-state index contributed by atoms with van der Waals surface area (Å²) in [6.07, 6.45) is 3.69. The van der Waals surface area contributed by atoms with E-state index in [1.54, 1.807) is 19.5 Å². The predicted octanol–water partition coefficient (Wildman–Crippen LogP) is 8.61. The predicted molar refractivity (Wildman–Crippen MR) is 279 cm³/mol. The van der Waals surface area contributed by atoms with Crippen LogP contribution in [0.4, 0.5) is 43.3 Å². The molecule has 4 aliphatic heterocycles. The first kappa shape index (κ1) is 50.2. The Bertz CT molecular complexity index is 2930. The summed E-state index contributed by atoms with van der Waals surface area (Å²) in [4.78, 5) is 61.0. The van der Waals surface area contributed by atoms with Gasteiger partial charge in [-0.05, 0) is 117 Å². The molecule has 0 radical (unpaired) electrons. The number of piperazine rings is 1. The van der Waals surface area contributed by atoms with Gasteiger partial charge in [-0.25, -0.2) is 13.8 Å². The maximum absolute atomic E-state index is 15.5. The van der Waals surface area contributed by atoms with E-state index in [1.807, 2.05) is 61.8 Å². The van der Waals surface area contributed by atoms with E-state index in [9.17, 15) is 18.9 Å². The van der Waals surface area contributed by atoms with Crippen molar-refractivity contribution < 1.29 is 32.5 Å². The number of anilines is 6. The van der Waals surface area contributed by atoms with Gasteiger partial charge < -0.3 is 34.6 Å². The van der Waals surface area contributed by atoms with E-state index in [1.165, 1.54) is 12.1 Å². The molecule has 15 nitrogen and oxygen atoms in total. The fourth-order valence-electron chi connectivity index (χ4n) is 10.9. The van der Waals surface area contributed by atoms with E-state index in [4.69, 9.17) is 9.72 Å². The number of amides is 3. The number of hydrogen-bond acceptors (Lipinski definition) is 13. The Morgan fingerprint density at radius 1 is 0.915 bits per heavy atom. The van der Waals surface area contributed by atoms with Crippen LogP contribution in [0.5, 0.6) is 5.75 Å². The van der Waals surface area contributed by atoms with Crippen molar-refractivity contribution in [2.75, 3.05) is 92.7 Å². The zero-order valence-electron chi connectivity index (χ0n) is 41.4. The number of carbonyl (C=O) groups excluding carboxylic acids is 3. The topological polar surface area (TPSA) is 165 Å². The summed E-state index contributed by atoms with van der Waals surface area (Å²) in [5.41, 5.74) is 4.84. The van der Waals surface area contributed by atoms with Crippen molar-refractivity contribution in [3.63, 3.8) is 0 Å². The average Bonchev–Trinajstić information content (AvgIpc) is 3.65. The first-order valence-corrected chi connectivity index (χ1v) is 27.8. The molecule has 0 unspecified atom stereocenters. The number of nitrogens with one attached hydrogen (secondary N) is 3. The standard InChI is InChI=1S/C52H62BrF2N10O5P/c1-8-70-44-26-43(30(2)23-42(44)59-51-56-27-37(53)48(61-51)58-41-13-12-40-34(10-9-31(3)57-40)47(41)71(6,7)69)63-17-15-32(16-18-63)62-19-21-64(22-20-62)50(68)36-28-65(29-52(36,4)5)33-24-38(54)46(39(55)25-33)35-11-14-45(66)60-49(35)67/h9-10,12-13,23-27,32,35-36H,8,11,14-22,28-29H2,1-7H3,(H,60,66,67)(H2,56,58,59,61)/t35-,36-/m1/s1. The van der Waals surface area contributed by atoms with Crippen molar-refractivity contribution in [1.29, 1.82) is 0 Å². The lowest BCUT2D eigenvalue weighted by atomic mass is 9.81. The van der Waals surface area contributed by atoms with Crippen molar-refractivity contribution in [2.45, 2.75) is 72.3 Å². The number of fused-ring (bicyclic) bond motifs is 1. The van der Waals surface area contributed by atoms with Crippen LogP contribution < -0.4 is 35.8 Å². The van der Waals surface area contributed by atoms with Gasteiger partial charge in [0.25, 0.3) is 0 Å². The molecule has 4 saturated heterocycles. The van der Waals surface area contributed by atoms with Crippen LogP contribution in [0, 0.1) is 36.8 Å². The van der Waals surface area contributed by atoms with Gasteiger partial charge in [0.15, 0.2) is 0 Å². The number of imide groups is 1. The van der Waals surface area contributed by atoms with Gasteiger partial charge >= 0.3 is 0 Å². The Morgan fingerprint density at radius 3 is 2.31 bits per heavy atom. The van der Waals surface area contributed by atoms with E-state index < -0.39 is 41.9 Å². The van der Waals surface area contributed by atoms with E-state index in [0.717, 1.165) is 72.6 Å². The molecule has 4 aliphatic rings. The maximum atomic E-state index is 15.5. The summed E-state index contributed by atoms with van der Waals surface area (Å²) >= 11 is 3.61. The number of benzene rings is 3. The molecule has 3 amide bonds. The van der Waals surface area contributed by atoms with Crippen molar-refractivity contribution in [3.05, 3.63) is 87.7 Å². The number of carbonyl (C=O) groups is 3. The Kier molecular flexibility index (Phi) is 14.2. The van der Waals surface area contributed by atoms with E-state index in [2.05, 4.69) is 70.7 Å². The number of aryl methyl sites for hydroxylation is 2. The molecule has 9 rings (SSSR count). The smallest absolute Gasteiger partial charge is 0.234 e. The molecule has 4 fully saturated rings. The highest BCUT2D eigenvalue weighted by Gasteiger charge is 2.46. The third-order valence-corrected chi connectivity index (χ3v) is 16.7. The highest BCUT2D eigenvalue weighted by molar-refractivity contribution is 9.10. The molecule has 0 saturated carbocycles. The summed E-state index contributed by atoms with van der Waals surface area (Å²) < 4.78 is 51.5. The quantitative estimate of drug-likeness (QED) is 0.0805. The van der Waals surface area contributed by atoms with Crippen molar-refractivity contribution in [1.82, 2.24) is 30.1 Å². The lowest BCUT2D eigenvalue weighted by Crippen LogP contribution is -2.56. The molecule has 3 N–H and O–H groups in total. The summed E-state index contributed by atoms with van der Waals surface area (Å²) in [6.45, 7) is 19.3. The molecule has 2 atom stereocenters. The first-order valence-electron chi connectivity index (χ1n) is 24.4. The molecule has 376 valence electrons. The van der Waals surface area contributed by atoms with Crippen LogP contribution >= 0.6 is 23.1 Å². The fraction of sp³-hybridized carbons (Fsp3) is 0.462. The van der Waals surface area contributed by atoms with Crippen LogP contribution in [0.15, 0.2) is 59.2 Å². The molecule has 3 aromatic carbocycles. The average molecular weight is 1060 g/mol.